The zero-order valence-electron chi connectivity index (χ0n) is 19.1. The van der Waals surface area contributed by atoms with Gasteiger partial charge in [0, 0.05) is 30.9 Å². The largest absolute Gasteiger partial charge is 0.497 e. The highest BCUT2D eigenvalue weighted by Crippen LogP contribution is 2.26. The lowest BCUT2D eigenvalue weighted by molar-refractivity contribution is 0.0525. The molecular weight excluding hydrogens is 438 g/mol. The lowest BCUT2D eigenvalue weighted by atomic mass is 10.1. The second-order valence-electron chi connectivity index (χ2n) is 7.13. The highest BCUT2D eigenvalue weighted by atomic mass is 32.2. The van der Waals surface area contributed by atoms with Crippen LogP contribution in [0.1, 0.15) is 28.5 Å². The molecule has 0 aliphatic carbocycles. The van der Waals surface area contributed by atoms with Gasteiger partial charge in [0.05, 0.1) is 19.4 Å². The fourth-order valence-corrected chi connectivity index (χ4v) is 3.59. The fourth-order valence-electron chi connectivity index (χ4n) is 3.20. The minimum absolute atomic E-state index is 0.260. The number of thioether (sulfide) groups is 1. The van der Waals surface area contributed by atoms with Crippen molar-refractivity contribution < 1.29 is 14.3 Å². The van der Waals surface area contributed by atoms with Crippen LogP contribution in [-0.2, 0) is 17.7 Å². The normalized spacial score (nSPS) is 10.6. The van der Waals surface area contributed by atoms with Gasteiger partial charge in [-0.15, -0.1) is 0 Å². The molecule has 1 heterocycles. The Labute approximate surface area is 198 Å². The number of nitrogens with one attached hydrogen (secondary N) is 2. The molecule has 0 spiro atoms. The van der Waals surface area contributed by atoms with Crippen molar-refractivity contribution in [3.63, 3.8) is 0 Å². The number of carbonyl (C=O) groups is 1. The van der Waals surface area contributed by atoms with Crippen molar-refractivity contribution in [3.8, 4) is 5.75 Å². The quantitative estimate of drug-likeness (QED) is 0.126. The predicted octanol–water partition coefficient (Wildman–Crippen LogP) is 4.04. The molecule has 9 heteroatoms. The number of ether oxygens (including phenoxy) is 2. The van der Waals surface area contributed by atoms with Gasteiger partial charge in [-0.05, 0) is 49.1 Å². The summed E-state index contributed by atoms with van der Waals surface area (Å²) in [6.07, 6.45) is 2.43. The Morgan fingerprint density at radius 2 is 1.94 bits per heavy atom. The van der Waals surface area contributed by atoms with Gasteiger partial charge in [0.2, 0.25) is 0 Å². The molecule has 174 valence electrons. The Bertz CT molecular complexity index is 1080. The van der Waals surface area contributed by atoms with E-state index in [4.69, 9.17) is 15.2 Å². The summed E-state index contributed by atoms with van der Waals surface area (Å²) >= 11 is 1.41. The summed E-state index contributed by atoms with van der Waals surface area (Å²) in [6.45, 7) is 3.35. The predicted molar refractivity (Wildman–Crippen MR) is 132 cm³/mol. The minimum Gasteiger partial charge on any atom is -0.497 e. The van der Waals surface area contributed by atoms with Crippen LogP contribution in [0, 0.1) is 0 Å². The summed E-state index contributed by atoms with van der Waals surface area (Å²) in [5.41, 5.74) is 9.35. The Kier molecular flexibility index (Phi) is 8.91. The Balaban J connectivity index is 1.81. The molecule has 0 aliphatic rings. The van der Waals surface area contributed by atoms with Crippen LogP contribution in [0.15, 0.2) is 53.7 Å². The third kappa shape index (κ3) is 6.84. The molecule has 0 saturated heterocycles. The summed E-state index contributed by atoms with van der Waals surface area (Å²) in [6, 6.07) is 15.2. The first-order chi connectivity index (χ1) is 16.0. The van der Waals surface area contributed by atoms with Gasteiger partial charge in [-0.1, -0.05) is 30.0 Å². The first kappa shape index (κ1) is 24.3. The van der Waals surface area contributed by atoms with E-state index >= 15 is 0 Å². The number of carbonyl (C=O) groups excluding carboxylic acids is 1. The number of anilines is 3. The van der Waals surface area contributed by atoms with Crippen LogP contribution in [0.25, 0.3) is 0 Å². The molecule has 3 aromatic rings. The number of hydrogen-bond acceptors (Lipinski definition) is 9. The van der Waals surface area contributed by atoms with Crippen molar-refractivity contribution in [3.05, 3.63) is 65.4 Å². The van der Waals surface area contributed by atoms with Crippen LogP contribution in [0.2, 0.25) is 0 Å². The molecular formula is C24H29N5O3S. The molecule has 33 heavy (non-hydrogen) atoms. The molecule has 0 fully saturated rings. The number of methoxy groups -OCH3 is 1. The number of nitrogen functional groups attached to an aromatic ring is 1. The number of esters is 1. The van der Waals surface area contributed by atoms with Gasteiger partial charge in [0.1, 0.15) is 17.1 Å². The first-order valence-corrected chi connectivity index (χ1v) is 11.8. The third-order valence-electron chi connectivity index (χ3n) is 4.80. The zero-order chi connectivity index (χ0) is 23.6. The summed E-state index contributed by atoms with van der Waals surface area (Å²) in [4.78, 5) is 22.0. The van der Waals surface area contributed by atoms with E-state index in [1.54, 1.807) is 26.2 Å². The molecule has 0 amide bonds. The van der Waals surface area contributed by atoms with Crippen molar-refractivity contribution in [1.29, 1.82) is 0 Å². The summed E-state index contributed by atoms with van der Waals surface area (Å²) in [5, 5.41) is 7.19. The Hall–Kier alpha value is -3.30. The van der Waals surface area contributed by atoms with E-state index in [9.17, 15) is 4.79 Å². The average molecular weight is 468 g/mol. The van der Waals surface area contributed by atoms with Crippen molar-refractivity contribution in [2.45, 2.75) is 25.0 Å². The van der Waals surface area contributed by atoms with Crippen molar-refractivity contribution >= 4 is 34.9 Å². The summed E-state index contributed by atoms with van der Waals surface area (Å²) < 4.78 is 10.5. The van der Waals surface area contributed by atoms with Gasteiger partial charge in [-0.2, -0.15) is 0 Å². The second kappa shape index (κ2) is 12.1. The molecule has 3 rings (SSSR count). The minimum atomic E-state index is -0.457. The van der Waals surface area contributed by atoms with Gasteiger partial charge < -0.3 is 25.8 Å². The molecule has 0 unspecified atom stereocenters. The van der Waals surface area contributed by atoms with Crippen LogP contribution in [0.4, 0.5) is 17.2 Å². The maximum atomic E-state index is 12.9. The number of nitrogens with two attached hydrogens (primary N) is 1. The molecule has 4 N–H and O–H groups in total. The molecule has 0 atom stereocenters. The highest BCUT2D eigenvalue weighted by molar-refractivity contribution is 7.98. The summed E-state index contributed by atoms with van der Waals surface area (Å²) in [5.74, 6) is 0.772. The topological polar surface area (TPSA) is 111 Å². The maximum absolute atomic E-state index is 12.9. The van der Waals surface area contributed by atoms with Crippen molar-refractivity contribution in [1.82, 2.24) is 15.3 Å². The monoisotopic (exact) mass is 467 g/mol. The smallest absolute Gasteiger partial charge is 0.343 e. The van der Waals surface area contributed by atoms with E-state index < -0.39 is 5.97 Å². The third-order valence-corrected chi connectivity index (χ3v) is 5.35. The molecule has 0 radical (unpaired) electrons. The van der Waals surface area contributed by atoms with Gasteiger partial charge >= 0.3 is 5.97 Å². The van der Waals surface area contributed by atoms with E-state index in [2.05, 4.69) is 20.6 Å². The van der Waals surface area contributed by atoms with Gasteiger partial charge in [-0.3, -0.25) is 0 Å². The number of aromatic nitrogens is 2. The highest BCUT2D eigenvalue weighted by Gasteiger charge is 2.22. The van der Waals surface area contributed by atoms with Crippen LogP contribution in [-0.4, -0.2) is 42.5 Å². The fraction of sp³-hybridized carbons (Fsp3) is 0.292. The van der Waals surface area contributed by atoms with Crippen LogP contribution in [0.3, 0.4) is 0 Å². The van der Waals surface area contributed by atoms with E-state index in [-0.39, 0.29) is 6.61 Å². The van der Waals surface area contributed by atoms with Crippen LogP contribution >= 0.6 is 11.8 Å². The Morgan fingerprint density at radius 3 is 2.61 bits per heavy atom. The number of benzene rings is 2. The second-order valence-corrected chi connectivity index (χ2v) is 7.90. The van der Waals surface area contributed by atoms with Gasteiger partial charge in [0.25, 0.3) is 0 Å². The molecule has 2 aromatic carbocycles. The van der Waals surface area contributed by atoms with E-state index in [0.29, 0.717) is 47.4 Å². The molecule has 8 nitrogen and oxygen atoms in total. The van der Waals surface area contributed by atoms with Gasteiger partial charge in [-0.25, -0.2) is 14.8 Å². The van der Waals surface area contributed by atoms with Crippen LogP contribution < -0.4 is 21.1 Å². The Morgan fingerprint density at radius 1 is 1.15 bits per heavy atom. The SMILES string of the molecule is CCOC(=O)c1c(CCNCc2ccc(OC)cc2)nc(SC)nc1Nc1cccc(N)c1. The van der Waals surface area contributed by atoms with E-state index in [1.807, 2.05) is 42.7 Å². The summed E-state index contributed by atoms with van der Waals surface area (Å²) in [7, 11) is 1.65. The standard InChI is InChI=1S/C24H29N5O3S/c1-4-32-23(30)21-20(12-13-26-15-16-8-10-19(31-2)11-9-16)28-24(33-3)29-22(21)27-18-7-5-6-17(25)14-18/h5-11,14,26H,4,12-13,15,25H2,1-3H3,(H,27,28,29). The number of rotatable bonds is 11. The van der Waals surface area contributed by atoms with Crippen molar-refractivity contribution in [2.75, 3.05) is 37.6 Å². The molecule has 0 saturated carbocycles. The number of nitrogens with zero attached hydrogens (tertiary/aromatic N) is 2. The van der Waals surface area contributed by atoms with E-state index in [0.717, 1.165) is 17.0 Å². The van der Waals surface area contributed by atoms with Gasteiger partial charge in [0.15, 0.2) is 5.16 Å². The lowest BCUT2D eigenvalue weighted by Gasteiger charge is -2.16. The average Bonchev–Trinajstić information content (AvgIpc) is 2.82. The molecule has 0 bridgehead atoms. The van der Waals surface area contributed by atoms with Crippen LogP contribution in [0.5, 0.6) is 5.75 Å². The maximum Gasteiger partial charge on any atom is 0.343 e. The first-order valence-electron chi connectivity index (χ1n) is 10.6. The molecule has 1 aromatic heterocycles. The zero-order valence-corrected chi connectivity index (χ0v) is 19.9. The molecule has 0 aliphatic heterocycles. The lowest BCUT2D eigenvalue weighted by Crippen LogP contribution is -2.21. The van der Waals surface area contributed by atoms with Crippen molar-refractivity contribution in [2.24, 2.45) is 0 Å². The van der Waals surface area contributed by atoms with E-state index in [1.165, 1.54) is 11.8 Å². The number of hydrogen-bond donors (Lipinski definition) is 3.